The van der Waals surface area contributed by atoms with Crippen LogP contribution in [0.5, 0.6) is 5.75 Å². The molecule has 4 nitrogen and oxygen atoms in total. The Hall–Kier alpha value is -1.81. The van der Waals surface area contributed by atoms with Gasteiger partial charge < -0.3 is 10.1 Å². The van der Waals surface area contributed by atoms with Crippen LogP contribution in [0, 0.1) is 6.92 Å². The molecule has 0 aliphatic carbocycles. The van der Waals surface area contributed by atoms with Crippen LogP contribution < -0.4 is 10.1 Å². The molecule has 2 aromatic rings. The summed E-state index contributed by atoms with van der Waals surface area (Å²) < 4.78 is 7.45. The molecule has 1 atom stereocenters. The summed E-state index contributed by atoms with van der Waals surface area (Å²) in [4.78, 5) is 0. The molecular formula is C16H23N3O. The van der Waals surface area contributed by atoms with Crippen molar-refractivity contribution >= 4 is 0 Å². The Balaban J connectivity index is 2.51. The molecule has 4 heteroatoms. The predicted molar refractivity (Wildman–Crippen MR) is 81.2 cm³/mol. The average molecular weight is 273 g/mol. The maximum absolute atomic E-state index is 5.51. The number of aromatic nitrogens is 2. The summed E-state index contributed by atoms with van der Waals surface area (Å²) in [5, 5.41) is 7.91. The van der Waals surface area contributed by atoms with Crippen LogP contribution in [0.1, 0.15) is 35.5 Å². The molecule has 2 rings (SSSR count). The Bertz CT molecular complexity index is 589. The van der Waals surface area contributed by atoms with Crippen LogP contribution in [0.2, 0.25) is 0 Å². The highest BCUT2D eigenvalue weighted by atomic mass is 16.5. The molecule has 1 N–H and O–H groups in total. The molecule has 1 aromatic heterocycles. The first kappa shape index (κ1) is 14.6. The molecular weight excluding hydrogens is 250 g/mol. The van der Waals surface area contributed by atoms with Gasteiger partial charge in [-0.15, -0.1) is 0 Å². The molecule has 0 radical (unpaired) electrons. The lowest BCUT2D eigenvalue weighted by Gasteiger charge is -2.20. The van der Waals surface area contributed by atoms with Crippen molar-refractivity contribution in [1.29, 1.82) is 0 Å². The van der Waals surface area contributed by atoms with Gasteiger partial charge in [0.2, 0.25) is 0 Å². The molecule has 0 aliphatic heterocycles. The molecule has 0 saturated heterocycles. The lowest BCUT2D eigenvalue weighted by atomic mass is 10.00. The van der Waals surface area contributed by atoms with E-state index >= 15 is 0 Å². The van der Waals surface area contributed by atoms with Crippen LogP contribution in [0.15, 0.2) is 24.3 Å². The van der Waals surface area contributed by atoms with Crippen molar-refractivity contribution < 1.29 is 4.74 Å². The monoisotopic (exact) mass is 273 g/mol. The Morgan fingerprint density at radius 1 is 1.35 bits per heavy atom. The third kappa shape index (κ3) is 2.70. The molecule has 0 aliphatic rings. The maximum Gasteiger partial charge on any atom is 0.124 e. The number of methoxy groups -OCH3 is 1. The van der Waals surface area contributed by atoms with Gasteiger partial charge in [-0.05, 0) is 32.5 Å². The van der Waals surface area contributed by atoms with E-state index in [0.29, 0.717) is 0 Å². The summed E-state index contributed by atoms with van der Waals surface area (Å²) in [6.45, 7) is 4.21. The molecule has 0 saturated carbocycles. The molecule has 0 amide bonds. The normalized spacial score (nSPS) is 12.4. The first-order valence-electron chi connectivity index (χ1n) is 6.95. The fraction of sp³-hybridized carbons (Fsp3) is 0.438. The summed E-state index contributed by atoms with van der Waals surface area (Å²) >= 11 is 0. The van der Waals surface area contributed by atoms with Crippen molar-refractivity contribution in [3.05, 3.63) is 46.8 Å². The quantitative estimate of drug-likeness (QED) is 0.910. The van der Waals surface area contributed by atoms with Crippen LogP contribution >= 0.6 is 0 Å². The largest absolute Gasteiger partial charge is 0.496 e. The molecule has 0 spiro atoms. The number of nitrogens with zero attached hydrogens (tertiary/aromatic N) is 2. The zero-order valence-electron chi connectivity index (χ0n) is 12.9. The van der Waals surface area contributed by atoms with E-state index in [-0.39, 0.29) is 6.04 Å². The van der Waals surface area contributed by atoms with Crippen molar-refractivity contribution in [2.45, 2.75) is 26.3 Å². The Morgan fingerprint density at radius 3 is 2.65 bits per heavy atom. The number of aryl methyl sites for hydroxylation is 3. The highest BCUT2D eigenvalue weighted by molar-refractivity contribution is 5.42. The van der Waals surface area contributed by atoms with Gasteiger partial charge >= 0.3 is 0 Å². The summed E-state index contributed by atoms with van der Waals surface area (Å²) in [6, 6.07) is 8.48. The topological polar surface area (TPSA) is 39.1 Å². The first-order valence-corrected chi connectivity index (χ1v) is 6.95. The number of rotatable bonds is 5. The van der Waals surface area contributed by atoms with Crippen molar-refractivity contribution in [2.75, 3.05) is 14.2 Å². The van der Waals surface area contributed by atoms with Gasteiger partial charge in [0.25, 0.3) is 0 Å². The van der Waals surface area contributed by atoms with Crippen molar-refractivity contribution in [3.8, 4) is 5.75 Å². The molecule has 108 valence electrons. The van der Waals surface area contributed by atoms with Crippen LogP contribution in [-0.2, 0) is 13.5 Å². The second-order valence-electron chi connectivity index (χ2n) is 5.00. The Kier molecular flexibility index (Phi) is 4.45. The first-order chi connectivity index (χ1) is 9.60. The summed E-state index contributed by atoms with van der Waals surface area (Å²) in [5.74, 6) is 0.897. The van der Waals surface area contributed by atoms with Gasteiger partial charge in [0.1, 0.15) is 5.75 Å². The summed E-state index contributed by atoms with van der Waals surface area (Å²) in [7, 11) is 5.66. The second kappa shape index (κ2) is 6.09. The zero-order valence-corrected chi connectivity index (χ0v) is 12.9. The molecule has 0 bridgehead atoms. The van der Waals surface area contributed by atoms with E-state index in [1.807, 2.05) is 24.8 Å². The SMILES string of the molecule is CCc1cc(C(NC)c2cc(C)ccc2OC)n(C)n1. The average Bonchev–Trinajstić information content (AvgIpc) is 2.81. The van der Waals surface area contributed by atoms with Gasteiger partial charge in [-0.1, -0.05) is 24.6 Å². The van der Waals surface area contributed by atoms with Crippen LogP contribution in [-0.4, -0.2) is 23.9 Å². The van der Waals surface area contributed by atoms with E-state index in [1.54, 1.807) is 7.11 Å². The van der Waals surface area contributed by atoms with Crippen molar-refractivity contribution in [1.82, 2.24) is 15.1 Å². The van der Waals surface area contributed by atoms with Gasteiger partial charge in [-0.3, -0.25) is 4.68 Å². The van der Waals surface area contributed by atoms with Gasteiger partial charge in [0, 0.05) is 12.6 Å². The smallest absolute Gasteiger partial charge is 0.124 e. The van der Waals surface area contributed by atoms with Gasteiger partial charge in [-0.25, -0.2) is 0 Å². The van der Waals surface area contributed by atoms with E-state index in [2.05, 4.69) is 42.5 Å². The number of ether oxygens (including phenoxy) is 1. The predicted octanol–water partition coefficient (Wildman–Crippen LogP) is 2.61. The minimum absolute atomic E-state index is 0.0719. The number of benzene rings is 1. The van der Waals surface area contributed by atoms with Gasteiger partial charge in [-0.2, -0.15) is 5.10 Å². The van der Waals surface area contributed by atoms with Gasteiger partial charge in [0.05, 0.1) is 24.5 Å². The van der Waals surface area contributed by atoms with Crippen LogP contribution in [0.4, 0.5) is 0 Å². The van der Waals surface area contributed by atoms with Crippen LogP contribution in [0.25, 0.3) is 0 Å². The number of nitrogens with one attached hydrogen (secondary N) is 1. The lowest BCUT2D eigenvalue weighted by molar-refractivity contribution is 0.404. The molecule has 0 fully saturated rings. The molecule has 1 unspecified atom stereocenters. The summed E-state index contributed by atoms with van der Waals surface area (Å²) in [6.07, 6.45) is 0.940. The van der Waals surface area contributed by atoms with E-state index in [9.17, 15) is 0 Å². The minimum atomic E-state index is 0.0719. The third-order valence-corrected chi connectivity index (χ3v) is 3.61. The van der Waals surface area contributed by atoms with E-state index in [4.69, 9.17) is 4.74 Å². The Labute approximate surface area is 120 Å². The molecule has 20 heavy (non-hydrogen) atoms. The minimum Gasteiger partial charge on any atom is -0.496 e. The fourth-order valence-corrected chi connectivity index (χ4v) is 2.53. The van der Waals surface area contributed by atoms with E-state index in [1.165, 1.54) is 5.56 Å². The third-order valence-electron chi connectivity index (χ3n) is 3.61. The fourth-order valence-electron chi connectivity index (χ4n) is 2.53. The standard InChI is InChI=1S/C16H23N3O/c1-6-12-10-14(19(4)18-12)16(17-3)13-9-11(2)7-8-15(13)20-5/h7-10,16-17H,6H2,1-5H3. The Morgan fingerprint density at radius 2 is 2.10 bits per heavy atom. The highest BCUT2D eigenvalue weighted by Gasteiger charge is 2.20. The van der Waals surface area contributed by atoms with Crippen molar-refractivity contribution in [2.24, 2.45) is 7.05 Å². The molecule has 1 aromatic carbocycles. The van der Waals surface area contributed by atoms with Crippen LogP contribution in [0.3, 0.4) is 0 Å². The summed E-state index contributed by atoms with van der Waals surface area (Å²) in [5.41, 5.74) is 4.61. The second-order valence-corrected chi connectivity index (χ2v) is 5.00. The molecule has 1 heterocycles. The lowest BCUT2D eigenvalue weighted by Crippen LogP contribution is -2.21. The van der Waals surface area contributed by atoms with Crippen molar-refractivity contribution in [3.63, 3.8) is 0 Å². The zero-order chi connectivity index (χ0) is 14.7. The number of hydrogen-bond donors (Lipinski definition) is 1. The number of hydrogen-bond acceptors (Lipinski definition) is 3. The van der Waals surface area contributed by atoms with Gasteiger partial charge in [0.15, 0.2) is 0 Å². The maximum atomic E-state index is 5.51. The van der Waals surface area contributed by atoms with E-state index < -0.39 is 0 Å². The van der Waals surface area contributed by atoms with E-state index in [0.717, 1.165) is 29.1 Å². The highest BCUT2D eigenvalue weighted by Crippen LogP contribution is 2.30.